The molecule has 3 nitrogen and oxygen atoms in total. The zero-order chi connectivity index (χ0) is 7.40. The van der Waals surface area contributed by atoms with Crippen LogP contribution >= 0.6 is 15.9 Å². The van der Waals surface area contributed by atoms with E-state index in [4.69, 9.17) is 4.74 Å². The Morgan fingerprint density at radius 3 is 3.20 bits per heavy atom. The van der Waals surface area contributed by atoms with Crippen molar-refractivity contribution in [2.24, 2.45) is 0 Å². The first-order valence-electron chi connectivity index (χ1n) is 3.12. The van der Waals surface area contributed by atoms with Crippen LogP contribution in [0.2, 0.25) is 0 Å². The minimum absolute atomic E-state index is 0.699. The van der Waals surface area contributed by atoms with E-state index in [2.05, 4.69) is 21.4 Å². The van der Waals surface area contributed by atoms with Crippen LogP contribution < -0.4 is 10.9 Å². The second kappa shape index (κ2) is 3.63. The van der Waals surface area contributed by atoms with Gasteiger partial charge in [-0.3, -0.25) is 0 Å². The van der Waals surface area contributed by atoms with Gasteiger partial charge in [-0.1, -0.05) is 0 Å². The fraction of sp³-hybridized carbons (Fsp3) is 0.333. The predicted molar refractivity (Wildman–Crippen MR) is 41.8 cm³/mol. The summed E-state index contributed by atoms with van der Waals surface area (Å²) in [5.74, 6) is 0.858. The molecule has 0 radical (unpaired) electrons. The van der Waals surface area contributed by atoms with E-state index in [1.807, 2.05) is 24.6 Å². The van der Waals surface area contributed by atoms with Crippen molar-refractivity contribution in [3.63, 3.8) is 0 Å². The standard InChI is InChI=1S/C6H9BrN2O/c1-2-10-5-3-6(7)9-8-4-5/h3-4,8-9H,2H2,1H3/p+1. The summed E-state index contributed by atoms with van der Waals surface area (Å²) >= 11 is 3.32. The maximum atomic E-state index is 5.23. The van der Waals surface area contributed by atoms with Gasteiger partial charge in [0.2, 0.25) is 0 Å². The predicted octanol–water partition coefficient (Wildman–Crippen LogP) is 0.182. The van der Waals surface area contributed by atoms with Crippen LogP contribution in [-0.4, -0.2) is 6.61 Å². The lowest BCUT2D eigenvalue weighted by Crippen LogP contribution is -2.89. The molecular weight excluding hydrogens is 196 g/mol. The molecule has 1 aliphatic rings. The first kappa shape index (κ1) is 7.63. The molecule has 0 saturated heterocycles. The molecule has 0 aliphatic carbocycles. The van der Waals surface area contributed by atoms with Gasteiger partial charge in [-0.15, -0.1) is 0 Å². The molecule has 0 saturated carbocycles. The second-order valence-electron chi connectivity index (χ2n) is 1.82. The van der Waals surface area contributed by atoms with Crippen LogP contribution in [-0.2, 0) is 4.74 Å². The molecule has 0 atom stereocenters. The minimum atomic E-state index is 0.699. The first-order chi connectivity index (χ1) is 4.83. The third-order valence-electron chi connectivity index (χ3n) is 1.04. The van der Waals surface area contributed by atoms with Gasteiger partial charge in [0.15, 0.2) is 4.61 Å². The molecule has 0 fully saturated rings. The number of rotatable bonds is 2. The van der Waals surface area contributed by atoms with Gasteiger partial charge in [0.25, 0.3) is 0 Å². The van der Waals surface area contributed by atoms with Crippen molar-refractivity contribution in [3.8, 4) is 0 Å². The van der Waals surface area contributed by atoms with E-state index in [0.29, 0.717) is 6.61 Å². The van der Waals surface area contributed by atoms with Gasteiger partial charge < -0.3 is 4.74 Å². The number of hydrogen-bond acceptors (Lipinski definition) is 2. The van der Waals surface area contributed by atoms with E-state index in [1.54, 1.807) is 0 Å². The van der Waals surface area contributed by atoms with Crippen LogP contribution in [0.15, 0.2) is 22.6 Å². The Morgan fingerprint density at radius 2 is 2.60 bits per heavy atom. The fourth-order valence-electron chi connectivity index (χ4n) is 0.673. The summed E-state index contributed by atoms with van der Waals surface area (Å²) in [5.41, 5.74) is 4.79. The smallest absolute Gasteiger partial charge is 0.200 e. The van der Waals surface area contributed by atoms with Crippen LogP contribution in [0.3, 0.4) is 0 Å². The number of nitrogens with one attached hydrogen (secondary N) is 1. The molecule has 0 unspecified atom stereocenters. The Balaban J connectivity index is 2.51. The van der Waals surface area contributed by atoms with E-state index in [0.717, 1.165) is 10.4 Å². The largest absolute Gasteiger partial charge is 0.492 e. The lowest BCUT2D eigenvalue weighted by molar-refractivity contribution is -0.646. The topological polar surface area (TPSA) is 37.9 Å². The highest BCUT2D eigenvalue weighted by Crippen LogP contribution is 2.04. The van der Waals surface area contributed by atoms with Gasteiger partial charge in [0, 0.05) is 15.9 Å². The Morgan fingerprint density at radius 1 is 1.80 bits per heavy atom. The van der Waals surface area contributed by atoms with Crippen LogP contribution in [0.5, 0.6) is 0 Å². The molecule has 0 aromatic carbocycles. The number of hydrogen-bond donors (Lipinski definition) is 2. The summed E-state index contributed by atoms with van der Waals surface area (Å²) in [6.45, 7) is 2.66. The Labute approximate surface area is 68.2 Å². The van der Waals surface area contributed by atoms with E-state index >= 15 is 0 Å². The van der Waals surface area contributed by atoms with Crippen molar-refractivity contribution in [1.29, 1.82) is 0 Å². The Hall–Kier alpha value is -0.480. The van der Waals surface area contributed by atoms with Gasteiger partial charge in [-0.25, -0.2) is 10.9 Å². The van der Waals surface area contributed by atoms with Crippen LogP contribution in [0, 0.1) is 0 Å². The molecule has 4 heteroatoms. The van der Waals surface area contributed by atoms with Crippen molar-refractivity contribution >= 4 is 15.9 Å². The SMILES string of the molecule is CCOC1=CN[NH2+]C(Br)=C1. The van der Waals surface area contributed by atoms with Gasteiger partial charge >= 0.3 is 0 Å². The molecule has 0 aromatic rings. The normalized spacial score (nSPS) is 17.0. The van der Waals surface area contributed by atoms with Crippen molar-refractivity contribution in [3.05, 3.63) is 22.6 Å². The summed E-state index contributed by atoms with van der Waals surface area (Å²) in [5, 5.41) is 0. The van der Waals surface area contributed by atoms with Gasteiger partial charge in [-0.05, 0) is 6.92 Å². The van der Waals surface area contributed by atoms with E-state index in [1.165, 1.54) is 0 Å². The third kappa shape index (κ3) is 2.04. The second-order valence-corrected chi connectivity index (χ2v) is 2.74. The quantitative estimate of drug-likeness (QED) is 0.499. The molecule has 0 aromatic heterocycles. The average Bonchev–Trinajstić information content (AvgIpc) is 1.88. The van der Waals surface area contributed by atoms with E-state index in [-0.39, 0.29) is 0 Å². The summed E-state index contributed by atoms with van der Waals surface area (Å²) in [6, 6.07) is 0. The number of quaternary nitrogens is 1. The lowest BCUT2D eigenvalue weighted by Gasteiger charge is -2.08. The van der Waals surface area contributed by atoms with E-state index in [9.17, 15) is 0 Å². The van der Waals surface area contributed by atoms with Crippen molar-refractivity contribution in [2.45, 2.75) is 6.92 Å². The highest BCUT2D eigenvalue weighted by atomic mass is 79.9. The number of allylic oxidation sites excluding steroid dienone is 1. The molecule has 56 valence electrons. The van der Waals surface area contributed by atoms with Crippen LogP contribution in [0.1, 0.15) is 6.92 Å². The monoisotopic (exact) mass is 205 g/mol. The Kier molecular flexibility index (Phi) is 2.77. The number of nitrogens with two attached hydrogens (primary N) is 1. The van der Waals surface area contributed by atoms with Crippen LogP contribution in [0.4, 0.5) is 0 Å². The summed E-state index contributed by atoms with van der Waals surface area (Å²) in [4.78, 5) is 0. The summed E-state index contributed by atoms with van der Waals surface area (Å²) < 4.78 is 6.22. The number of ether oxygens (including phenoxy) is 1. The Bertz CT molecular complexity index is 177. The van der Waals surface area contributed by atoms with E-state index < -0.39 is 0 Å². The molecule has 1 rings (SSSR count). The molecule has 1 heterocycles. The molecule has 3 N–H and O–H groups in total. The summed E-state index contributed by atoms with van der Waals surface area (Å²) in [6.07, 6.45) is 3.73. The molecule has 0 bridgehead atoms. The zero-order valence-electron chi connectivity index (χ0n) is 5.73. The highest BCUT2D eigenvalue weighted by Gasteiger charge is 2.04. The molecular formula is C6H10BrN2O+. The van der Waals surface area contributed by atoms with Crippen molar-refractivity contribution < 1.29 is 10.2 Å². The fourth-order valence-corrected chi connectivity index (χ4v) is 1.03. The third-order valence-corrected chi connectivity index (χ3v) is 1.50. The molecule has 10 heavy (non-hydrogen) atoms. The number of halogens is 1. The van der Waals surface area contributed by atoms with Gasteiger partial charge in [0.1, 0.15) is 5.76 Å². The zero-order valence-corrected chi connectivity index (χ0v) is 7.31. The van der Waals surface area contributed by atoms with Crippen molar-refractivity contribution in [2.75, 3.05) is 6.61 Å². The van der Waals surface area contributed by atoms with Gasteiger partial charge in [0.05, 0.1) is 18.9 Å². The molecule has 0 spiro atoms. The maximum absolute atomic E-state index is 5.23. The highest BCUT2D eigenvalue weighted by molar-refractivity contribution is 9.11. The molecule has 0 amide bonds. The molecule has 1 aliphatic heterocycles. The van der Waals surface area contributed by atoms with Crippen LogP contribution in [0.25, 0.3) is 0 Å². The van der Waals surface area contributed by atoms with Gasteiger partial charge in [-0.2, -0.15) is 0 Å². The maximum Gasteiger partial charge on any atom is 0.200 e. The van der Waals surface area contributed by atoms with Crippen molar-refractivity contribution in [1.82, 2.24) is 5.43 Å². The average molecular weight is 206 g/mol. The first-order valence-corrected chi connectivity index (χ1v) is 3.91. The minimum Gasteiger partial charge on any atom is -0.492 e. The summed E-state index contributed by atoms with van der Waals surface area (Å²) in [7, 11) is 0. The lowest BCUT2D eigenvalue weighted by atomic mass is 10.5.